The average molecular weight is 428 g/mol. The number of pyridine rings is 1. The van der Waals surface area contributed by atoms with Crippen LogP contribution in [0.2, 0.25) is 10.0 Å². The Morgan fingerprint density at radius 2 is 1.89 bits per heavy atom. The zero-order valence-electron chi connectivity index (χ0n) is 15.0. The molecule has 0 radical (unpaired) electrons. The summed E-state index contributed by atoms with van der Waals surface area (Å²) in [6.45, 7) is 0.536. The number of amides is 2. The van der Waals surface area contributed by atoms with Gasteiger partial charge in [0, 0.05) is 25.2 Å². The Morgan fingerprint density at radius 3 is 2.61 bits per heavy atom. The number of aromatic nitrogens is 1. The van der Waals surface area contributed by atoms with E-state index in [-0.39, 0.29) is 29.2 Å². The minimum Gasteiger partial charge on any atom is -0.484 e. The number of hydrogen-bond acceptors (Lipinski definition) is 4. The lowest BCUT2D eigenvalue weighted by atomic mass is 10.2. The van der Waals surface area contributed by atoms with Gasteiger partial charge in [0.25, 0.3) is 5.91 Å². The van der Waals surface area contributed by atoms with Gasteiger partial charge in [-0.2, -0.15) is 0 Å². The van der Waals surface area contributed by atoms with E-state index < -0.39 is 5.82 Å². The summed E-state index contributed by atoms with van der Waals surface area (Å²) < 4.78 is 18.5. The first kappa shape index (κ1) is 21.9. The minimum absolute atomic E-state index is 0.00901. The number of benzene rings is 1. The molecular formula is C19H20Cl2FN3O3. The van der Waals surface area contributed by atoms with Crippen LogP contribution in [0.3, 0.4) is 0 Å². The van der Waals surface area contributed by atoms with E-state index in [4.69, 9.17) is 27.9 Å². The van der Waals surface area contributed by atoms with Crippen molar-refractivity contribution < 1.29 is 18.7 Å². The fraction of sp³-hybridized carbons (Fsp3) is 0.316. The third kappa shape index (κ3) is 8.10. The first-order chi connectivity index (χ1) is 13.4. The molecule has 0 aliphatic heterocycles. The average Bonchev–Trinajstić information content (AvgIpc) is 2.68. The summed E-state index contributed by atoms with van der Waals surface area (Å²) in [5.74, 6) is -0.793. The molecular weight excluding hydrogens is 408 g/mol. The summed E-state index contributed by atoms with van der Waals surface area (Å²) in [6.07, 6.45) is 3.15. The molecule has 9 heteroatoms. The van der Waals surface area contributed by atoms with E-state index in [9.17, 15) is 14.0 Å². The highest BCUT2D eigenvalue weighted by atomic mass is 35.5. The van der Waals surface area contributed by atoms with Gasteiger partial charge in [0.05, 0.1) is 22.3 Å². The van der Waals surface area contributed by atoms with Crippen LogP contribution >= 0.6 is 23.2 Å². The van der Waals surface area contributed by atoms with E-state index in [0.717, 1.165) is 11.8 Å². The number of carbonyl (C=O) groups excluding carboxylic acids is 2. The lowest BCUT2D eigenvalue weighted by Crippen LogP contribution is -2.30. The molecule has 28 heavy (non-hydrogen) atoms. The van der Waals surface area contributed by atoms with Gasteiger partial charge in [-0.1, -0.05) is 23.2 Å². The normalized spacial score (nSPS) is 10.4. The van der Waals surface area contributed by atoms with Gasteiger partial charge in [-0.15, -0.1) is 0 Å². The highest BCUT2D eigenvalue weighted by molar-refractivity contribution is 6.30. The Hall–Kier alpha value is -2.38. The van der Waals surface area contributed by atoms with Gasteiger partial charge < -0.3 is 15.4 Å². The predicted molar refractivity (Wildman–Crippen MR) is 105 cm³/mol. The van der Waals surface area contributed by atoms with Crippen LogP contribution in [0, 0.1) is 5.82 Å². The molecule has 0 fully saturated rings. The van der Waals surface area contributed by atoms with Crippen molar-refractivity contribution in [1.29, 1.82) is 0 Å². The van der Waals surface area contributed by atoms with E-state index in [1.165, 1.54) is 18.3 Å². The molecule has 0 saturated carbocycles. The maximum Gasteiger partial charge on any atom is 0.257 e. The zero-order valence-corrected chi connectivity index (χ0v) is 16.5. The van der Waals surface area contributed by atoms with Gasteiger partial charge in [0.1, 0.15) is 11.6 Å². The van der Waals surface area contributed by atoms with E-state index >= 15 is 0 Å². The molecule has 0 aliphatic carbocycles. The van der Waals surface area contributed by atoms with E-state index in [1.54, 1.807) is 12.1 Å². The monoisotopic (exact) mass is 427 g/mol. The summed E-state index contributed by atoms with van der Waals surface area (Å²) in [4.78, 5) is 27.6. The van der Waals surface area contributed by atoms with Gasteiger partial charge in [0.15, 0.2) is 6.61 Å². The molecule has 150 valence electrons. The summed E-state index contributed by atoms with van der Waals surface area (Å²) in [7, 11) is 0. The van der Waals surface area contributed by atoms with E-state index in [1.807, 2.05) is 0 Å². The molecule has 1 aromatic carbocycles. The third-order valence-electron chi connectivity index (χ3n) is 3.67. The Labute approximate surface area is 172 Å². The topological polar surface area (TPSA) is 80.3 Å². The van der Waals surface area contributed by atoms with Crippen LogP contribution in [0.4, 0.5) is 4.39 Å². The molecule has 1 heterocycles. The second kappa shape index (κ2) is 11.5. The van der Waals surface area contributed by atoms with E-state index in [0.29, 0.717) is 37.4 Å². The van der Waals surface area contributed by atoms with Crippen LogP contribution in [0.1, 0.15) is 25.0 Å². The van der Waals surface area contributed by atoms with Crippen molar-refractivity contribution in [3.63, 3.8) is 0 Å². The number of nitrogens with zero attached hydrogens (tertiary/aromatic N) is 1. The molecule has 2 amide bonds. The molecule has 2 N–H and O–H groups in total. The van der Waals surface area contributed by atoms with Gasteiger partial charge >= 0.3 is 0 Å². The molecule has 0 aliphatic rings. The highest BCUT2D eigenvalue weighted by Crippen LogP contribution is 2.20. The van der Waals surface area contributed by atoms with Crippen LogP contribution in [0.5, 0.6) is 5.75 Å². The van der Waals surface area contributed by atoms with Crippen LogP contribution in [0.25, 0.3) is 0 Å². The lowest BCUT2D eigenvalue weighted by molar-refractivity contribution is -0.123. The first-order valence-electron chi connectivity index (χ1n) is 8.65. The molecule has 0 atom stereocenters. The van der Waals surface area contributed by atoms with Crippen molar-refractivity contribution in [2.75, 3.05) is 13.2 Å². The Kier molecular flexibility index (Phi) is 8.97. The van der Waals surface area contributed by atoms with Crippen molar-refractivity contribution in [3.8, 4) is 5.75 Å². The van der Waals surface area contributed by atoms with Crippen molar-refractivity contribution in [2.45, 2.75) is 25.8 Å². The van der Waals surface area contributed by atoms with Gasteiger partial charge in [-0.25, -0.2) is 4.39 Å². The number of rotatable bonds is 10. The zero-order chi connectivity index (χ0) is 20.4. The SMILES string of the molecule is O=C(CCCCNC(=O)COc1ccc(Cl)c(F)c1)NCc1ccc(Cl)cn1. The summed E-state index contributed by atoms with van der Waals surface area (Å²) >= 11 is 11.3. The number of unbranched alkanes of at least 4 members (excludes halogenated alkanes) is 1. The Bertz CT molecular complexity index is 804. The standard InChI is InChI=1S/C19H20Cl2FN3O3/c20-13-4-5-14(24-10-13)11-25-18(26)3-1-2-8-23-19(27)12-28-15-6-7-16(21)17(22)9-15/h4-7,9-10H,1-3,8,11-12H2,(H,23,27)(H,25,26). The molecule has 2 rings (SSSR count). The van der Waals surface area contributed by atoms with Crippen molar-refractivity contribution in [1.82, 2.24) is 15.6 Å². The first-order valence-corrected chi connectivity index (χ1v) is 9.41. The molecule has 2 aromatic rings. The lowest BCUT2D eigenvalue weighted by Gasteiger charge is -2.08. The summed E-state index contributed by atoms with van der Waals surface area (Å²) in [5.41, 5.74) is 0.727. The van der Waals surface area contributed by atoms with Gasteiger partial charge in [0.2, 0.25) is 5.91 Å². The molecule has 0 saturated heterocycles. The number of nitrogens with one attached hydrogen (secondary N) is 2. The third-order valence-corrected chi connectivity index (χ3v) is 4.20. The second-order valence-electron chi connectivity index (χ2n) is 5.92. The van der Waals surface area contributed by atoms with E-state index in [2.05, 4.69) is 15.6 Å². The smallest absolute Gasteiger partial charge is 0.257 e. The van der Waals surface area contributed by atoms with Gasteiger partial charge in [-0.3, -0.25) is 14.6 Å². The van der Waals surface area contributed by atoms with Gasteiger partial charge in [-0.05, 0) is 37.1 Å². The van der Waals surface area contributed by atoms with Crippen molar-refractivity contribution in [3.05, 3.63) is 58.1 Å². The molecule has 6 nitrogen and oxygen atoms in total. The summed E-state index contributed by atoms with van der Waals surface area (Å²) in [5, 5.41) is 5.99. The fourth-order valence-electron chi connectivity index (χ4n) is 2.19. The molecule has 0 unspecified atom stereocenters. The van der Waals surface area contributed by atoms with Crippen LogP contribution in [-0.4, -0.2) is 29.9 Å². The largest absolute Gasteiger partial charge is 0.484 e. The number of ether oxygens (including phenoxy) is 1. The maximum absolute atomic E-state index is 13.3. The number of carbonyl (C=O) groups is 2. The van der Waals surface area contributed by atoms with Crippen molar-refractivity contribution >= 4 is 35.0 Å². The van der Waals surface area contributed by atoms with Crippen molar-refractivity contribution in [2.24, 2.45) is 0 Å². The Balaban J connectivity index is 1.53. The maximum atomic E-state index is 13.3. The highest BCUT2D eigenvalue weighted by Gasteiger charge is 2.06. The molecule has 1 aromatic heterocycles. The number of halogens is 3. The second-order valence-corrected chi connectivity index (χ2v) is 6.76. The number of hydrogen-bond donors (Lipinski definition) is 2. The minimum atomic E-state index is -0.607. The van der Waals surface area contributed by atoms with Crippen LogP contribution in [-0.2, 0) is 16.1 Å². The predicted octanol–water partition coefficient (Wildman–Crippen LogP) is 3.51. The van der Waals surface area contributed by atoms with Crippen LogP contribution in [0.15, 0.2) is 36.5 Å². The summed E-state index contributed by atoms with van der Waals surface area (Å²) in [6, 6.07) is 7.42. The molecule has 0 spiro atoms. The quantitative estimate of drug-likeness (QED) is 0.568. The van der Waals surface area contributed by atoms with Crippen LogP contribution < -0.4 is 15.4 Å². The fourth-order valence-corrected chi connectivity index (χ4v) is 2.42. The molecule has 0 bridgehead atoms. The Morgan fingerprint density at radius 1 is 1.07 bits per heavy atom.